The Hall–Kier alpha value is -0.380. The summed E-state index contributed by atoms with van der Waals surface area (Å²) in [5.74, 6) is 0.437. The van der Waals surface area contributed by atoms with E-state index in [1.165, 1.54) is 6.07 Å². The van der Waals surface area contributed by atoms with Crippen LogP contribution >= 0.6 is 58.0 Å². The highest BCUT2D eigenvalue weighted by Gasteiger charge is 2.12. The standard InChI is InChI=1S/C11H4Cl5NO/c12-5-1-2-6(13)9(3-5)18-11-8(15)4-7(14)10(16)17-11/h1-4H. The van der Waals surface area contributed by atoms with E-state index in [2.05, 4.69) is 4.98 Å². The fourth-order valence-electron chi connectivity index (χ4n) is 1.16. The predicted octanol–water partition coefficient (Wildman–Crippen LogP) is 6.14. The van der Waals surface area contributed by atoms with Gasteiger partial charge in [-0.25, -0.2) is 0 Å². The summed E-state index contributed by atoms with van der Waals surface area (Å²) in [5, 5.41) is 1.41. The van der Waals surface area contributed by atoms with Crippen molar-refractivity contribution in [3.8, 4) is 11.6 Å². The van der Waals surface area contributed by atoms with Crippen LogP contribution in [0.3, 0.4) is 0 Å². The minimum Gasteiger partial charge on any atom is -0.436 e. The van der Waals surface area contributed by atoms with Gasteiger partial charge in [-0.05, 0) is 18.2 Å². The van der Waals surface area contributed by atoms with E-state index in [1.807, 2.05) is 0 Å². The molecule has 2 rings (SSSR count). The first-order valence-corrected chi connectivity index (χ1v) is 6.51. The first-order valence-electron chi connectivity index (χ1n) is 4.62. The van der Waals surface area contributed by atoms with Gasteiger partial charge in [0.2, 0.25) is 5.88 Å². The molecule has 18 heavy (non-hydrogen) atoms. The minimum absolute atomic E-state index is 0.0919. The lowest BCUT2D eigenvalue weighted by Gasteiger charge is -2.09. The van der Waals surface area contributed by atoms with Crippen molar-refractivity contribution < 1.29 is 4.74 Å². The van der Waals surface area contributed by atoms with Gasteiger partial charge in [0.15, 0.2) is 5.15 Å². The van der Waals surface area contributed by atoms with Crippen molar-refractivity contribution in [1.29, 1.82) is 0 Å². The molecule has 0 aliphatic heterocycles. The Morgan fingerprint density at radius 2 is 1.56 bits per heavy atom. The second-order valence-electron chi connectivity index (χ2n) is 3.22. The molecule has 0 atom stereocenters. The molecule has 0 amide bonds. The SMILES string of the molecule is Clc1ccc(Cl)c(Oc2nc(Cl)c(Cl)cc2Cl)c1. The van der Waals surface area contributed by atoms with Crippen LogP contribution in [-0.4, -0.2) is 4.98 Å². The third-order valence-electron chi connectivity index (χ3n) is 1.95. The van der Waals surface area contributed by atoms with Crippen molar-refractivity contribution in [3.05, 3.63) is 49.5 Å². The van der Waals surface area contributed by atoms with Crippen LogP contribution in [0.4, 0.5) is 0 Å². The van der Waals surface area contributed by atoms with Gasteiger partial charge in [-0.15, -0.1) is 0 Å². The maximum atomic E-state index is 5.96. The Balaban J connectivity index is 2.40. The van der Waals surface area contributed by atoms with Gasteiger partial charge in [0, 0.05) is 11.1 Å². The van der Waals surface area contributed by atoms with E-state index in [-0.39, 0.29) is 21.1 Å². The van der Waals surface area contributed by atoms with Crippen molar-refractivity contribution in [2.24, 2.45) is 0 Å². The molecule has 0 fully saturated rings. The molecular formula is C11H4Cl5NO. The molecule has 7 heteroatoms. The van der Waals surface area contributed by atoms with Crippen LogP contribution < -0.4 is 4.74 Å². The van der Waals surface area contributed by atoms with Crippen molar-refractivity contribution >= 4 is 58.0 Å². The first-order chi connectivity index (χ1) is 8.47. The fourth-order valence-corrected chi connectivity index (χ4v) is 2.01. The lowest BCUT2D eigenvalue weighted by molar-refractivity contribution is 0.463. The van der Waals surface area contributed by atoms with E-state index in [1.54, 1.807) is 18.2 Å². The number of aromatic nitrogens is 1. The monoisotopic (exact) mass is 341 g/mol. The second kappa shape index (κ2) is 5.72. The molecular weight excluding hydrogens is 339 g/mol. The molecule has 0 radical (unpaired) electrons. The predicted molar refractivity (Wildman–Crippen MR) is 75.8 cm³/mol. The fraction of sp³-hybridized carbons (Fsp3) is 0. The van der Waals surface area contributed by atoms with E-state index in [4.69, 9.17) is 62.7 Å². The summed E-state index contributed by atoms with van der Waals surface area (Å²) in [6.45, 7) is 0. The van der Waals surface area contributed by atoms with E-state index in [9.17, 15) is 0 Å². The molecule has 94 valence electrons. The molecule has 0 N–H and O–H groups in total. The summed E-state index contributed by atoms with van der Waals surface area (Å²) in [6.07, 6.45) is 0. The first kappa shape index (κ1) is 14.0. The Morgan fingerprint density at radius 1 is 0.833 bits per heavy atom. The molecule has 2 nitrogen and oxygen atoms in total. The number of benzene rings is 1. The summed E-state index contributed by atoms with van der Waals surface area (Å²) >= 11 is 29.3. The van der Waals surface area contributed by atoms with E-state index in [0.29, 0.717) is 15.8 Å². The van der Waals surface area contributed by atoms with E-state index >= 15 is 0 Å². The van der Waals surface area contributed by atoms with Crippen molar-refractivity contribution in [2.75, 3.05) is 0 Å². The normalized spacial score (nSPS) is 10.5. The third kappa shape index (κ3) is 3.14. The molecule has 0 unspecified atom stereocenters. The summed E-state index contributed by atoms with van der Waals surface area (Å²) in [7, 11) is 0. The molecule has 1 aromatic heterocycles. The summed E-state index contributed by atoms with van der Waals surface area (Å²) in [6, 6.07) is 6.22. The molecule has 1 heterocycles. The number of ether oxygens (including phenoxy) is 1. The number of halogens is 5. The van der Waals surface area contributed by atoms with E-state index in [0.717, 1.165) is 0 Å². The topological polar surface area (TPSA) is 22.1 Å². The van der Waals surface area contributed by atoms with Gasteiger partial charge in [0.05, 0.1) is 10.0 Å². The van der Waals surface area contributed by atoms with Crippen molar-refractivity contribution in [3.63, 3.8) is 0 Å². The van der Waals surface area contributed by atoms with Crippen LogP contribution in [0.5, 0.6) is 11.6 Å². The average molecular weight is 343 g/mol. The van der Waals surface area contributed by atoms with Crippen molar-refractivity contribution in [1.82, 2.24) is 4.98 Å². The zero-order valence-corrected chi connectivity index (χ0v) is 12.3. The molecule has 0 saturated carbocycles. The van der Waals surface area contributed by atoms with Gasteiger partial charge < -0.3 is 4.74 Å². The minimum atomic E-state index is 0.0919. The molecule has 1 aromatic carbocycles. The van der Waals surface area contributed by atoms with Gasteiger partial charge in [0.1, 0.15) is 10.8 Å². The Bertz CT molecular complexity index is 602. The molecule has 2 aromatic rings. The zero-order valence-electron chi connectivity index (χ0n) is 8.55. The van der Waals surface area contributed by atoms with Gasteiger partial charge in [-0.1, -0.05) is 58.0 Å². The van der Waals surface area contributed by atoms with Crippen LogP contribution in [0.2, 0.25) is 25.2 Å². The number of hydrogen-bond acceptors (Lipinski definition) is 2. The summed E-state index contributed by atoms with van der Waals surface area (Å²) in [4.78, 5) is 3.92. The molecule has 0 aliphatic carbocycles. The smallest absolute Gasteiger partial charge is 0.239 e. The van der Waals surface area contributed by atoms with Gasteiger partial charge in [-0.3, -0.25) is 0 Å². The Labute approximate surface area is 128 Å². The van der Waals surface area contributed by atoms with Crippen molar-refractivity contribution in [2.45, 2.75) is 0 Å². The van der Waals surface area contributed by atoms with Crippen LogP contribution in [0.25, 0.3) is 0 Å². The lowest BCUT2D eigenvalue weighted by atomic mass is 10.3. The maximum Gasteiger partial charge on any atom is 0.239 e. The Kier molecular flexibility index (Phi) is 4.46. The number of rotatable bonds is 2. The highest BCUT2D eigenvalue weighted by atomic mass is 35.5. The van der Waals surface area contributed by atoms with Crippen LogP contribution in [-0.2, 0) is 0 Å². The van der Waals surface area contributed by atoms with Gasteiger partial charge >= 0.3 is 0 Å². The molecule has 0 bridgehead atoms. The zero-order chi connectivity index (χ0) is 13.3. The second-order valence-corrected chi connectivity index (χ2v) is 5.24. The summed E-state index contributed by atoms with van der Waals surface area (Å²) in [5.41, 5.74) is 0. The average Bonchev–Trinajstić information content (AvgIpc) is 2.30. The Morgan fingerprint density at radius 3 is 2.28 bits per heavy atom. The molecule has 0 saturated heterocycles. The van der Waals surface area contributed by atoms with E-state index < -0.39 is 0 Å². The van der Waals surface area contributed by atoms with Crippen LogP contribution in [0, 0.1) is 0 Å². The van der Waals surface area contributed by atoms with Crippen LogP contribution in [0.1, 0.15) is 0 Å². The van der Waals surface area contributed by atoms with Crippen LogP contribution in [0.15, 0.2) is 24.3 Å². The maximum absolute atomic E-state index is 5.96. The lowest BCUT2D eigenvalue weighted by Crippen LogP contribution is -1.91. The van der Waals surface area contributed by atoms with Gasteiger partial charge in [-0.2, -0.15) is 4.98 Å². The number of hydrogen-bond donors (Lipinski definition) is 0. The summed E-state index contributed by atoms with van der Waals surface area (Å²) < 4.78 is 5.45. The molecule has 0 aliphatic rings. The molecule has 0 spiro atoms. The highest BCUT2D eigenvalue weighted by molar-refractivity contribution is 6.42. The quantitative estimate of drug-likeness (QED) is 0.611. The highest BCUT2D eigenvalue weighted by Crippen LogP contribution is 2.36. The van der Waals surface area contributed by atoms with Gasteiger partial charge in [0.25, 0.3) is 0 Å². The largest absolute Gasteiger partial charge is 0.436 e. The number of nitrogens with zero attached hydrogens (tertiary/aromatic N) is 1. The number of pyridine rings is 1. The third-order valence-corrected chi connectivity index (χ3v) is 3.45.